The molecule has 0 aliphatic heterocycles. The number of benzene rings is 1. The Morgan fingerprint density at radius 1 is 1.25 bits per heavy atom. The summed E-state index contributed by atoms with van der Waals surface area (Å²) < 4.78 is 1.61. The van der Waals surface area contributed by atoms with Crippen molar-refractivity contribution in [1.29, 1.82) is 0 Å². The van der Waals surface area contributed by atoms with Gasteiger partial charge in [-0.3, -0.25) is 9.48 Å². The van der Waals surface area contributed by atoms with Crippen LogP contribution in [-0.2, 0) is 13.6 Å². The molecule has 0 fully saturated rings. The lowest BCUT2D eigenvalue weighted by atomic mass is 10.2. The number of hydrogen-bond acceptors (Lipinski definition) is 3. The van der Waals surface area contributed by atoms with Crippen LogP contribution in [0.25, 0.3) is 0 Å². The molecule has 2 N–H and O–H groups in total. The minimum Gasteiger partial charge on any atom is -0.321 e. The van der Waals surface area contributed by atoms with Crippen LogP contribution in [0.4, 0.5) is 5.69 Å². The van der Waals surface area contributed by atoms with Crippen molar-refractivity contribution in [2.45, 2.75) is 19.9 Å². The number of carbonyl (C=O) groups excluding carboxylic acids is 1. The molecule has 0 saturated carbocycles. The first kappa shape index (κ1) is 14.3. The van der Waals surface area contributed by atoms with Gasteiger partial charge in [-0.2, -0.15) is 5.10 Å². The third-order valence-corrected chi connectivity index (χ3v) is 2.91. The molecule has 0 saturated heterocycles. The van der Waals surface area contributed by atoms with Crippen LogP contribution in [0.2, 0.25) is 0 Å². The Morgan fingerprint density at radius 2 is 2.00 bits per heavy atom. The quantitative estimate of drug-likeness (QED) is 0.792. The summed E-state index contributed by atoms with van der Waals surface area (Å²) in [7, 11) is 1.79. The zero-order valence-electron chi connectivity index (χ0n) is 11.9. The van der Waals surface area contributed by atoms with E-state index in [-0.39, 0.29) is 5.91 Å². The highest BCUT2D eigenvalue weighted by atomic mass is 16.1. The van der Waals surface area contributed by atoms with Gasteiger partial charge in [0.1, 0.15) is 0 Å². The van der Waals surface area contributed by atoms with Crippen LogP contribution in [0.15, 0.2) is 36.5 Å². The van der Waals surface area contributed by atoms with Gasteiger partial charge in [0.15, 0.2) is 5.69 Å². The number of aryl methyl sites for hydroxylation is 1. The highest BCUT2D eigenvalue weighted by Gasteiger charge is 2.08. The van der Waals surface area contributed by atoms with E-state index in [1.807, 2.05) is 24.3 Å². The molecule has 5 nitrogen and oxygen atoms in total. The van der Waals surface area contributed by atoms with Crippen molar-refractivity contribution in [3.63, 3.8) is 0 Å². The minimum atomic E-state index is -0.192. The second kappa shape index (κ2) is 6.86. The Bertz CT molecular complexity index is 560. The van der Waals surface area contributed by atoms with Crippen molar-refractivity contribution < 1.29 is 4.79 Å². The Labute approximate surface area is 119 Å². The summed E-state index contributed by atoms with van der Waals surface area (Å²) >= 11 is 0. The van der Waals surface area contributed by atoms with Crippen molar-refractivity contribution in [3.05, 3.63) is 47.8 Å². The number of amides is 1. The third-order valence-electron chi connectivity index (χ3n) is 2.91. The summed E-state index contributed by atoms with van der Waals surface area (Å²) in [6.07, 6.45) is 2.87. The highest BCUT2D eigenvalue weighted by Crippen LogP contribution is 2.10. The van der Waals surface area contributed by atoms with Crippen LogP contribution >= 0.6 is 0 Å². The van der Waals surface area contributed by atoms with Gasteiger partial charge in [-0.1, -0.05) is 19.1 Å². The first-order valence-electron chi connectivity index (χ1n) is 6.79. The molecule has 2 aromatic rings. The topological polar surface area (TPSA) is 58.9 Å². The molecule has 1 heterocycles. The van der Waals surface area contributed by atoms with E-state index in [1.54, 1.807) is 24.0 Å². The van der Waals surface area contributed by atoms with Crippen LogP contribution in [0.3, 0.4) is 0 Å². The van der Waals surface area contributed by atoms with Gasteiger partial charge in [0, 0.05) is 25.5 Å². The number of nitrogens with zero attached hydrogens (tertiary/aromatic N) is 2. The van der Waals surface area contributed by atoms with E-state index >= 15 is 0 Å². The van der Waals surface area contributed by atoms with E-state index in [0.717, 1.165) is 25.2 Å². The molecule has 20 heavy (non-hydrogen) atoms. The average molecular weight is 272 g/mol. The SMILES string of the molecule is CCCNCc1ccc(NC(=O)c2ccn(C)n2)cc1. The number of nitrogens with one attached hydrogen (secondary N) is 2. The van der Waals surface area contributed by atoms with E-state index in [2.05, 4.69) is 22.7 Å². The molecule has 2 rings (SSSR count). The van der Waals surface area contributed by atoms with Crippen LogP contribution in [-0.4, -0.2) is 22.2 Å². The van der Waals surface area contributed by atoms with Gasteiger partial charge in [-0.15, -0.1) is 0 Å². The van der Waals surface area contributed by atoms with Crippen molar-refractivity contribution >= 4 is 11.6 Å². The van der Waals surface area contributed by atoms with E-state index < -0.39 is 0 Å². The van der Waals surface area contributed by atoms with E-state index in [0.29, 0.717) is 5.69 Å². The second-order valence-corrected chi connectivity index (χ2v) is 4.70. The Balaban J connectivity index is 1.91. The lowest BCUT2D eigenvalue weighted by molar-refractivity contribution is 0.102. The summed E-state index contributed by atoms with van der Waals surface area (Å²) in [5.74, 6) is -0.192. The predicted molar refractivity (Wildman–Crippen MR) is 79.6 cm³/mol. The van der Waals surface area contributed by atoms with Gasteiger partial charge in [0.25, 0.3) is 5.91 Å². The molecule has 1 aromatic heterocycles. The average Bonchev–Trinajstić information content (AvgIpc) is 2.88. The van der Waals surface area contributed by atoms with Crippen molar-refractivity contribution in [1.82, 2.24) is 15.1 Å². The van der Waals surface area contributed by atoms with Gasteiger partial charge < -0.3 is 10.6 Å². The largest absolute Gasteiger partial charge is 0.321 e. The molecule has 0 unspecified atom stereocenters. The summed E-state index contributed by atoms with van der Waals surface area (Å²) in [5, 5.41) is 10.2. The van der Waals surface area contributed by atoms with E-state index in [9.17, 15) is 4.79 Å². The van der Waals surface area contributed by atoms with E-state index in [4.69, 9.17) is 0 Å². The number of hydrogen-bond donors (Lipinski definition) is 2. The molecular weight excluding hydrogens is 252 g/mol. The minimum absolute atomic E-state index is 0.192. The molecule has 5 heteroatoms. The molecule has 1 amide bonds. The third kappa shape index (κ3) is 3.93. The van der Waals surface area contributed by atoms with Gasteiger partial charge >= 0.3 is 0 Å². The summed E-state index contributed by atoms with van der Waals surface area (Å²) in [5.41, 5.74) is 2.40. The maximum Gasteiger partial charge on any atom is 0.276 e. The van der Waals surface area contributed by atoms with E-state index in [1.165, 1.54) is 5.56 Å². The maximum absolute atomic E-state index is 11.9. The molecule has 0 aliphatic carbocycles. The summed E-state index contributed by atoms with van der Waals surface area (Å²) in [6, 6.07) is 9.53. The lowest BCUT2D eigenvalue weighted by Gasteiger charge is -2.06. The molecule has 0 radical (unpaired) electrons. The van der Waals surface area contributed by atoms with Gasteiger partial charge in [0.2, 0.25) is 0 Å². The Hall–Kier alpha value is -2.14. The Morgan fingerprint density at radius 3 is 2.60 bits per heavy atom. The van der Waals surface area contributed by atoms with Crippen molar-refractivity contribution in [2.75, 3.05) is 11.9 Å². The first-order chi connectivity index (χ1) is 9.69. The summed E-state index contributed by atoms with van der Waals surface area (Å²) in [6.45, 7) is 4.00. The zero-order chi connectivity index (χ0) is 14.4. The number of anilines is 1. The van der Waals surface area contributed by atoms with Crippen LogP contribution in [0, 0.1) is 0 Å². The van der Waals surface area contributed by atoms with Gasteiger partial charge in [0.05, 0.1) is 0 Å². The molecule has 0 aliphatic rings. The molecule has 0 spiro atoms. The number of aromatic nitrogens is 2. The monoisotopic (exact) mass is 272 g/mol. The molecule has 1 aromatic carbocycles. The Kier molecular flexibility index (Phi) is 4.90. The number of carbonyl (C=O) groups is 1. The van der Waals surface area contributed by atoms with Gasteiger partial charge in [-0.05, 0) is 36.7 Å². The summed E-state index contributed by atoms with van der Waals surface area (Å²) in [4.78, 5) is 11.9. The van der Waals surface area contributed by atoms with Crippen LogP contribution in [0.1, 0.15) is 29.4 Å². The highest BCUT2D eigenvalue weighted by molar-refractivity contribution is 6.02. The van der Waals surface area contributed by atoms with Crippen LogP contribution in [0.5, 0.6) is 0 Å². The fourth-order valence-corrected chi connectivity index (χ4v) is 1.85. The maximum atomic E-state index is 11.9. The van der Waals surface area contributed by atoms with Gasteiger partial charge in [-0.25, -0.2) is 0 Å². The van der Waals surface area contributed by atoms with Crippen molar-refractivity contribution in [3.8, 4) is 0 Å². The second-order valence-electron chi connectivity index (χ2n) is 4.70. The first-order valence-corrected chi connectivity index (χ1v) is 6.79. The molecular formula is C15H20N4O. The van der Waals surface area contributed by atoms with Crippen molar-refractivity contribution in [2.24, 2.45) is 7.05 Å². The standard InChI is InChI=1S/C15H20N4O/c1-3-9-16-11-12-4-6-13(7-5-12)17-15(20)14-8-10-19(2)18-14/h4-8,10,16H,3,9,11H2,1-2H3,(H,17,20). The predicted octanol–water partition coefficient (Wildman–Crippen LogP) is 2.17. The fraction of sp³-hybridized carbons (Fsp3) is 0.333. The van der Waals surface area contributed by atoms with Crippen LogP contribution < -0.4 is 10.6 Å². The molecule has 0 atom stereocenters. The smallest absolute Gasteiger partial charge is 0.276 e. The molecule has 0 bridgehead atoms. The lowest BCUT2D eigenvalue weighted by Crippen LogP contribution is -2.14. The zero-order valence-corrected chi connectivity index (χ0v) is 11.9. The normalized spacial score (nSPS) is 10.5. The number of rotatable bonds is 6. The fourth-order valence-electron chi connectivity index (χ4n) is 1.85. The molecule has 106 valence electrons.